The summed E-state index contributed by atoms with van der Waals surface area (Å²) >= 11 is 1.94. The van der Waals surface area contributed by atoms with Gasteiger partial charge in [0.1, 0.15) is 0 Å². The van der Waals surface area contributed by atoms with Gasteiger partial charge < -0.3 is 10.6 Å². The third-order valence-electron chi connectivity index (χ3n) is 4.56. The summed E-state index contributed by atoms with van der Waals surface area (Å²) in [4.78, 5) is 12.2. The molecule has 4 heteroatoms. The van der Waals surface area contributed by atoms with Crippen molar-refractivity contribution in [1.82, 2.24) is 10.6 Å². The fourth-order valence-electron chi connectivity index (χ4n) is 3.37. The molecule has 110 valence electrons. The second kappa shape index (κ2) is 7.53. The molecular weight excluding hydrogens is 256 g/mol. The van der Waals surface area contributed by atoms with Crippen LogP contribution >= 0.6 is 11.8 Å². The first kappa shape index (κ1) is 15.2. The average molecular weight is 284 g/mol. The maximum absolute atomic E-state index is 12.2. The molecule has 0 saturated heterocycles. The van der Waals surface area contributed by atoms with Crippen LogP contribution in [0.1, 0.15) is 58.3 Å². The van der Waals surface area contributed by atoms with Gasteiger partial charge in [0.25, 0.3) is 0 Å². The number of carbonyl (C=O) groups excluding carboxylic acids is 1. The van der Waals surface area contributed by atoms with Crippen LogP contribution in [-0.2, 0) is 4.79 Å². The van der Waals surface area contributed by atoms with Gasteiger partial charge in [0.15, 0.2) is 0 Å². The van der Waals surface area contributed by atoms with Crippen LogP contribution in [0.5, 0.6) is 0 Å². The molecule has 0 aromatic heterocycles. The van der Waals surface area contributed by atoms with Gasteiger partial charge in [0.2, 0.25) is 5.91 Å². The van der Waals surface area contributed by atoms with E-state index in [2.05, 4.69) is 16.9 Å². The molecule has 0 aromatic carbocycles. The lowest BCUT2D eigenvalue weighted by atomic mass is 9.95. The van der Waals surface area contributed by atoms with E-state index in [4.69, 9.17) is 0 Å². The van der Waals surface area contributed by atoms with Crippen molar-refractivity contribution in [2.45, 2.75) is 81.7 Å². The Morgan fingerprint density at radius 3 is 2.53 bits per heavy atom. The summed E-state index contributed by atoms with van der Waals surface area (Å²) in [5, 5.41) is 7.44. The van der Waals surface area contributed by atoms with Gasteiger partial charge in [0.05, 0.1) is 6.04 Å². The lowest BCUT2D eigenvalue weighted by molar-refractivity contribution is -0.123. The molecule has 0 spiro atoms. The predicted molar refractivity (Wildman–Crippen MR) is 82.6 cm³/mol. The molecule has 19 heavy (non-hydrogen) atoms. The first-order valence-corrected chi connectivity index (χ1v) is 9.08. The molecule has 2 aliphatic rings. The summed E-state index contributed by atoms with van der Waals surface area (Å²) in [6.45, 7) is 2.01. The highest BCUT2D eigenvalue weighted by molar-refractivity contribution is 7.99. The van der Waals surface area contributed by atoms with E-state index in [0.29, 0.717) is 17.3 Å². The number of carbonyl (C=O) groups is 1. The molecule has 0 heterocycles. The molecule has 2 aliphatic carbocycles. The fraction of sp³-hybridized carbons (Fsp3) is 0.933. The Morgan fingerprint density at radius 1 is 1.11 bits per heavy atom. The van der Waals surface area contributed by atoms with Gasteiger partial charge in [0, 0.05) is 17.3 Å². The third-order valence-corrected chi connectivity index (χ3v) is 5.73. The van der Waals surface area contributed by atoms with Crippen LogP contribution in [0.2, 0.25) is 0 Å². The van der Waals surface area contributed by atoms with Crippen LogP contribution < -0.4 is 10.6 Å². The molecule has 2 rings (SSSR count). The van der Waals surface area contributed by atoms with Crippen molar-refractivity contribution in [3.05, 3.63) is 0 Å². The quantitative estimate of drug-likeness (QED) is 0.815. The molecule has 2 N–H and O–H groups in total. The smallest absolute Gasteiger partial charge is 0.237 e. The highest BCUT2D eigenvalue weighted by Gasteiger charge is 2.29. The van der Waals surface area contributed by atoms with Crippen molar-refractivity contribution in [2.75, 3.05) is 6.26 Å². The number of thioether (sulfide) groups is 1. The van der Waals surface area contributed by atoms with Crippen molar-refractivity contribution in [3.8, 4) is 0 Å². The Balaban J connectivity index is 1.75. The van der Waals surface area contributed by atoms with Crippen LogP contribution in [0.15, 0.2) is 0 Å². The van der Waals surface area contributed by atoms with Gasteiger partial charge in [-0.1, -0.05) is 25.7 Å². The van der Waals surface area contributed by atoms with Crippen molar-refractivity contribution >= 4 is 17.7 Å². The maximum atomic E-state index is 12.2. The molecule has 0 bridgehead atoms. The molecule has 2 fully saturated rings. The largest absolute Gasteiger partial charge is 0.352 e. The second-order valence-corrected chi connectivity index (χ2v) is 7.12. The normalized spacial score (nSPS) is 30.2. The van der Waals surface area contributed by atoms with E-state index in [0.717, 1.165) is 12.8 Å². The Hall–Kier alpha value is -0.220. The summed E-state index contributed by atoms with van der Waals surface area (Å²) in [6.07, 6.45) is 12.2. The predicted octanol–water partition coefficient (Wildman–Crippen LogP) is 2.70. The minimum Gasteiger partial charge on any atom is -0.352 e. The van der Waals surface area contributed by atoms with E-state index in [9.17, 15) is 4.79 Å². The minimum atomic E-state index is -0.0559. The average Bonchev–Trinajstić information content (AvgIpc) is 2.87. The standard InChI is InChI=1S/C15H28N2OS/c1-11(16-13-9-6-10-14(13)19-2)15(18)17-12-7-4-3-5-8-12/h11-14,16H,3-10H2,1-2H3,(H,17,18). The zero-order chi connectivity index (χ0) is 13.7. The van der Waals surface area contributed by atoms with Gasteiger partial charge in [-0.2, -0.15) is 11.8 Å². The van der Waals surface area contributed by atoms with Crippen LogP contribution in [0.4, 0.5) is 0 Å². The van der Waals surface area contributed by atoms with Crippen molar-refractivity contribution in [2.24, 2.45) is 0 Å². The summed E-state index contributed by atoms with van der Waals surface area (Å²) in [5.41, 5.74) is 0. The number of rotatable bonds is 5. The van der Waals surface area contributed by atoms with Gasteiger partial charge in [-0.3, -0.25) is 4.79 Å². The Kier molecular flexibility index (Phi) is 6.02. The Morgan fingerprint density at radius 2 is 1.84 bits per heavy atom. The molecule has 3 unspecified atom stereocenters. The van der Waals surface area contributed by atoms with Crippen LogP contribution in [0.3, 0.4) is 0 Å². The lowest BCUT2D eigenvalue weighted by Crippen LogP contribution is -2.50. The van der Waals surface area contributed by atoms with E-state index < -0.39 is 0 Å². The zero-order valence-electron chi connectivity index (χ0n) is 12.3. The van der Waals surface area contributed by atoms with E-state index in [1.165, 1.54) is 38.5 Å². The van der Waals surface area contributed by atoms with Gasteiger partial charge >= 0.3 is 0 Å². The lowest BCUT2D eigenvalue weighted by Gasteiger charge is -2.27. The van der Waals surface area contributed by atoms with E-state index in [1.54, 1.807) is 0 Å². The Bertz CT molecular complexity index is 292. The second-order valence-electron chi connectivity index (χ2n) is 6.04. The van der Waals surface area contributed by atoms with Crippen LogP contribution in [0, 0.1) is 0 Å². The molecule has 0 aromatic rings. The first-order chi connectivity index (χ1) is 9.20. The molecule has 1 amide bonds. The van der Waals surface area contributed by atoms with E-state index in [-0.39, 0.29) is 11.9 Å². The summed E-state index contributed by atoms with van der Waals surface area (Å²) in [6, 6.07) is 0.882. The van der Waals surface area contributed by atoms with Gasteiger partial charge in [-0.15, -0.1) is 0 Å². The monoisotopic (exact) mass is 284 g/mol. The summed E-state index contributed by atoms with van der Waals surface area (Å²) in [5.74, 6) is 0.193. The highest BCUT2D eigenvalue weighted by atomic mass is 32.2. The van der Waals surface area contributed by atoms with Crippen molar-refractivity contribution in [1.29, 1.82) is 0 Å². The van der Waals surface area contributed by atoms with Crippen LogP contribution in [-0.4, -0.2) is 35.5 Å². The first-order valence-electron chi connectivity index (χ1n) is 7.80. The number of hydrogen-bond acceptors (Lipinski definition) is 3. The Labute approximate surface area is 121 Å². The number of amides is 1. The summed E-state index contributed by atoms with van der Waals surface area (Å²) < 4.78 is 0. The number of nitrogens with one attached hydrogen (secondary N) is 2. The highest BCUT2D eigenvalue weighted by Crippen LogP contribution is 2.28. The maximum Gasteiger partial charge on any atom is 0.237 e. The van der Waals surface area contributed by atoms with Gasteiger partial charge in [-0.05, 0) is 38.9 Å². The molecule has 3 nitrogen and oxygen atoms in total. The minimum absolute atomic E-state index is 0.0559. The topological polar surface area (TPSA) is 41.1 Å². The fourth-order valence-corrected chi connectivity index (χ4v) is 4.31. The van der Waals surface area contributed by atoms with Gasteiger partial charge in [-0.25, -0.2) is 0 Å². The van der Waals surface area contributed by atoms with E-state index in [1.807, 2.05) is 18.7 Å². The SMILES string of the molecule is CSC1CCCC1NC(C)C(=O)NC1CCCCC1. The molecular formula is C15H28N2OS. The number of hydrogen-bond donors (Lipinski definition) is 2. The molecule has 0 radical (unpaired) electrons. The van der Waals surface area contributed by atoms with Crippen molar-refractivity contribution < 1.29 is 4.79 Å². The van der Waals surface area contributed by atoms with Crippen LogP contribution in [0.25, 0.3) is 0 Å². The molecule has 3 atom stereocenters. The van der Waals surface area contributed by atoms with E-state index >= 15 is 0 Å². The summed E-state index contributed by atoms with van der Waals surface area (Å²) in [7, 11) is 0. The molecule has 2 saturated carbocycles. The zero-order valence-corrected chi connectivity index (χ0v) is 13.1. The third kappa shape index (κ3) is 4.38. The van der Waals surface area contributed by atoms with Crippen molar-refractivity contribution in [3.63, 3.8) is 0 Å². The molecule has 0 aliphatic heterocycles.